The zero-order chi connectivity index (χ0) is 14.8. The van der Waals surface area contributed by atoms with Crippen molar-refractivity contribution in [2.24, 2.45) is 0 Å². The van der Waals surface area contributed by atoms with E-state index in [0.29, 0.717) is 11.3 Å². The summed E-state index contributed by atoms with van der Waals surface area (Å²) in [5.74, 6) is -0.487. The Morgan fingerprint density at radius 2 is 1.90 bits per heavy atom. The van der Waals surface area contributed by atoms with Crippen molar-refractivity contribution in [2.45, 2.75) is 0 Å². The Morgan fingerprint density at radius 1 is 1.10 bits per heavy atom. The van der Waals surface area contributed by atoms with Gasteiger partial charge in [0.25, 0.3) is 5.69 Å². The Balaban J connectivity index is 1.98. The molecule has 0 radical (unpaired) electrons. The standard InChI is InChI=1S/C14H8FN3O3/c15-13-6-2-5-11(16-13)14-17-12(8-21-14)9-3-1-4-10(7-9)18(19)20/h1-8H. The average molecular weight is 285 g/mol. The summed E-state index contributed by atoms with van der Waals surface area (Å²) >= 11 is 0. The molecule has 0 bridgehead atoms. The summed E-state index contributed by atoms with van der Waals surface area (Å²) in [4.78, 5) is 18.1. The van der Waals surface area contributed by atoms with Crippen LogP contribution in [0.15, 0.2) is 53.1 Å². The number of pyridine rings is 1. The van der Waals surface area contributed by atoms with Crippen molar-refractivity contribution in [3.63, 3.8) is 0 Å². The summed E-state index contributed by atoms with van der Waals surface area (Å²) < 4.78 is 18.3. The summed E-state index contributed by atoms with van der Waals surface area (Å²) in [6.07, 6.45) is 1.35. The topological polar surface area (TPSA) is 82.1 Å². The van der Waals surface area contributed by atoms with Crippen LogP contribution in [0, 0.1) is 16.1 Å². The maximum absolute atomic E-state index is 13.1. The van der Waals surface area contributed by atoms with Crippen LogP contribution in [0.4, 0.5) is 10.1 Å². The molecule has 0 aliphatic heterocycles. The van der Waals surface area contributed by atoms with Crippen LogP contribution in [0.2, 0.25) is 0 Å². The lowest BCUT2D eigenvalue weighted by Crippen LogP contribution is -1.89. The molecule has 6 nitrogen and oxygen atoms in total. The van der Waals surface area contributed by atoms with Gasteiger partial charge in [-0.2, -0.15) is 4.39 Å². The molecule has 7 heteroatoms. The highest BCUT2D eigenvalue weighted by Gasteiger charge is 2.13. The number of hydrogen-bond donors (Lipinski definition) is 0. The number of nitro benzene ring substituents is 1. The van der Waals surface area contributed by atoms with E-state index in [1.165, 1.54) is 30.5 Å². The summed E-state index contributed by atoms with van der Waals surface area (Å²) in [5.41, 5.74) is 1.17. The molecule has 0 saturated heterocycles. The Labute approximate surface area is 118 Å². The molecule has 2 aromatic heterocycles. The summed E-state index contributed by atoms with van der Waals surface area (Å²) in [6.45, 7) is 0. The second-order valence-electron chi connectivity index (χ2n) is 4.19. The first-order valence-corrected chi connectivity index (χ1v) is 5.97. The molecule has 0 fully saturated rings. The van der Waals surface area contributed by atoms with Crippen LogP contribution in [-0.4, -0.2) is 14.9 Å². The van der Waals surface area contributed by atoms with Crippen LogP contribution in [0.5, 0.6) is 0 Å². The largest absolute Gasteiger partial charge is 0.443 e. The summed E-state index contributed by atoms with van der Waals surface area (Å²) in [6, 6.07) is 10.3. The molecule has 104 valence electrons. The molecule has 2 heterocycles. The normalized spacial score (nSPS) is 10.5. The third-order valence-corrected chi connectivity index (χ3v) is 2.79. The fourth-order valence-electron chi connectivity index (χ4n) is 1.83. The van der Waals surface area contributed by atoms with Crippen LogP contribution in [0.1, 0.15) is 0 Å². The lowest BCUT2D eigenvalue weighted by atomic mass is 10.1. The van der Waals surface area contributed by atoms with E-state index in [4.69, 9.17) is 4.42 Å². The number of rotatable bonds is 3. The van der Waals surface area contributed by atoms with Gasteiger partial charge in [-0.3, -0.25) is 10.1 Å². The maximum Gasteiger partial charge on any atom is 0.270 e. The minimum Gasteiger partial charge on any atom is -0.443 e. The highest BCUT2D eigenvalue weighted by molar-refractivity contribution is 5.63. The van der Waals surface area contributed by atoms with E-state index in [2.05, 4.69) is 9.97 Å². The smallest absolute Gasteiger partial charge is 0.270 e. The predicted molar refractivity (Wildman–Crippen MR) is 71.8 cm³/mol. The molecule has 1 aromatic carbocycles. The van der Waals surface area contributed by atoms with Gasteiger partial charge in [-0.25, -0.2) is 9.97 Å². The van der Waals surface area contributed by atoms with Crippen LogP contribution >= 0.6 is 0 Å². The third kappa shape index (κ3) is 2.62. The van der Waals surface area contributed by atoms with Gasteiger partial charge in [0.15, 0.2) is 0 Å². The molecule has 21 heavy (non-hydrogen) atoms. The predicted octanol–water partition coefficient (Wildman–Crippen LogP) is 3.45. The van der Waals surface area contributed by atoms with Crippen LogP contribution in [-0.2, 0) is 0 Å². The number of oxazole rings is 1. The lowest BCUT2D eigenvalue weighted by molar-refractivity contribution is -0.384. The van der Waals surface area contributed by atoms with Crippen LogP contribution < -0.4 is 0 Å². The zero-order valence-electron chi connectivity index (χ0n) is 10.6. The van der Waals surface area contributed by atoms with Gasteiger partial charge in [-0.1, -0.05) is 18.2 Å². The summed E-state index contributed by atoms with van der Waals surface area (Å²) in [7, 11) is 0. The van der Waals surface area contributed by atoms with E-state index in [-0.39, 0.29) is 17.3 Å². The van der Waals surface area contributed by atoms with Crippen molar-refractivity contribution < 1.29 is 13.7 Å². The van der Waals surface area contributed by atoms with E-state index >= 15 is 0 Å². The number of hydrogen-bond acceptors (Lipinski definition) is 5. The van der Waals surface area contributed by atoms with Crippen LogP contribution in [0.3, 0.4) is 0 Å². The van der Waals surface area contributed by atoms with Gasteiger partial charge in [0, 0.05) is 17.7 Å². The first-order chi connectivity index (χ1) is 10.1. The Morgan fingerprint density at radius 3 is 2.67 bits per heavy atom. The van der Waals surface area contributed by atoms with E-state index < -0.39 is 10.9 Å². The van der Waals surface area contributed by atoms with Gasteiger partial charge in [0.2, 0.25) is 11.8 Å². The molecular formula is C14H8FN3O3. The Kier molecular flexibility index (Phi) is 3.15. The van der Waals surface area contributed by atoms with Gasteiger partial charge >= 0.3 is 0 Å². The molecule has 0 atom stereocenters. The zero-order valence-corrected chi connectivity index (χ0v) is 10.6. The molecule has 0 aliphatic carbocycles. The first-order valence-electron chi connectivity index (χ1n) is 5.97. The Hall–Kier alpha value is -3.09. The van der Waals surface area contributed by atoms with Crippen LogP contribution in [0.25, 0.3) is 22.8 Å². The summed E-state index contributed by atoms with van der Waals surface area (Å²) in [5, 5.41) is 10.8. The minimum atomic E-state index is -0.636. The number of non-ortho nitro benzene ring substituents is 1. The van der Waals surface area contributed by atoms with Gasteiger partial charge in [-0.15, -0.1) is 0 Å². The Bertz CT molecular complexity index is 816. The van der Waals surface area contributed by atoms with E-state index in [1.807, 2.05) is 0 Å². The lowest BCUT2D eigenvalue weighted by Gasteiger charge is -1.96. The molecule has 0 N–H and O–H groups in total. The highest BCUT2D eigenvalue weighted by atomic mass is 19.1. The van der Waals surface area contributed by atoms with Gasteiger partial charge in [0.1, 0.15) is 17.7 Å². The first kappa shape index (κ1) is 12.9. The maximum atomic E-state index is 13.1. The van der Waals surface area contributed by atoms with Gasteiger partial charge in [0.05, 0.1) is 4.92 Å². The molecule has 0 unspecified atom stereocenters. The average Bonchev–Trinajstić information content (AvgIpc) is 2.97. The molecule has 0 amide bonds. The molecule has 0 saturated carbocycles. The van der Waals surface area contributed by atoms with Crippen molar-refractivity contribution in [2.75, 3.05) is 0 Å². The number of nitro groups is 1. The number of aromatic nitrogens is 2. The number of nitrogens with zero attached hydrogens (tertiary/aromatic N) is 3. The van der Waals surface area contributed by atoms with Gasteiger partial charge < -0.3 is 4.42 Å². The molecule has 3 aromatic rings. The fraction of sp³-hybridized carbons (Fsp3) is 0. The highest BCUT2D eigenvalue weighted by Crippen LogP contribution is 2.26. The van der Waals surface area contributed by atoms with Crippen molar-refractivity contribution in [1.29, 1.82) is 0 Å². The number of halogens is 1. The van der Waals surface area contributed by atoms with Gasteiger partial charge in [-0.05, 0) is 12.1 Å². The fourth-order valence-corrected chi connectivity index (χ4v) is 1.83. The molecule has 0 spiro atoms. The van der Waals surface area contributed by atoms with Crippen molar-refractivity contribution in [1.82, 2.24) is 9.97 Å². The monoisotopic (exact) mass is 285 g/mol. The van der Waals surface area contributed by atoms with E-state index in [9.17, 15) is 14.5 Å². The number of benzene rings is 1. The van der Waals surface area contributed by atoms with Crippen molar-refractivity contribution >= 4 is 5.69 Å². The second kappa shape index (κ2) is 5.12. The quantitative estimate of drug-likeness (QED) is 0.418. The molecule has 0 aliphatic rings. The van der Waals surface area contributed by atoms with E-state index in [1.54, 1.807) is 18.2 Å². The second-order valence-corrected chi connectivity index (χ2v) is 4.19. The molecule has 3 rings (SSSR count). The van der Waals surface area contributed by atoms with Crippen molar-refractivity contribution in [3.05, 3.63) is 64.8 Å². The SMILES string of the molecule is O=[N+]([O-])c1cccc(-c2coc(-c3cccc(F)n3)n2)c1. The third-order valence-electron chi connectivity index (χ3n) is 2.79. The molecular weight excluding hydrogens is 277 g/mol. The minimum absolute atomic E-state index is 0.0408. The van der Waals surface area contributed by atoms with Crippen molar-refractivity contribution in [3.8, 4) is 22.8 Å². The van der Waals surface area contributed by atoms with E-state index in [0.717, 1.165) is 0 Å².